The molecule has 0 bridgehead atoms. The second kappa shape index (κ2) is 6.83. The molecule has 0 aliphatic rings. The first kappa shape index (κ1) is 16.6. The number of carbonyl (C=O) groups excluding carboxylic acids is 1. The molecule has 9 heteroatoms. The number of carbonyl (C=O) groups is 1. The number of nitrogens with zero attached hydrogens (tertiary/aromatic N) is 2. The maximum absolute atomic E-state index is 12.3. The Balaban J connectivity index is 2.89. The summed E-state index contributed by atoms with van der Waals surface area (Å²) in [4.78, 5) is 15.9. The van der Waals surface area contributed by atoms with Gasteiger partial charge in [0.2, 0.25) is 0 Å². The molecule has 1 aromatic rings. The summed E-state index contributed by atoms with van der Waals surface area (Å²) < 4.78 is 61.6. The van der Waals surface area contributed by atoms with E-state index in [0.717, 1.165) is 11.0 Å². The molecular formula is C11H10ClF5N2O. The van der Waals surface area contributed by atoms with E-state index in [9.17, 15) is 26.7 Å². The van der Waals surface area contributed by atoms with Crippen molar-refractivity contribution in [2.24, 2.45) is 0 Å². The smallest absolute Gasteiger partial charge is 0.330 e. The van der Waals surface area contributed by atoms with Crippen molar-refractivity contribution in [3.8, 4) is 0 Å². The summed E-state index contributed by atoms with van der Waals surface area (Å²) in [7, 11) is 0. The fourth-order valence-corrected chi connectivity index (χ4v) is 1.60. The summed E-state index contributed by atoms with van der Waals surface area (Å²) >= 11 is 5.39. The average Bonchev–Trinajstić information content (AvgIpc) is 2.36. The van der Waals surface area contributed by atoms with Crippen LogP contribution >= 0.6 is 11.6 Å². The summed E-state index contributed by atoms with van der Waals surface area (Å²) in [6.07, 6.45) is -6.86. The summed E-state index contributed by atoms with van der Waals surface area (Å²) in [5, 5.41) is 0. The van der Waals surface area contributed by atoms with E-state index in [0.29, 0.717) is 12.3 Å². The lowest BCUT2D eigenvalue weighted by molar-refractivity contribution is -0.137. The van der Waals surface area contributed by atoms with Crippen LogP contribution in [0.1, 0.15) is 16.1 Å². The van der Waals surface area contributed by atoms with Gasteiger partial charge in [0.15, 0.2) is 0 Å². The van der Waals surface area contributed by atoms with Crippen LogP contribution in [0.15, 0.2) is 18.3 Å². The predicted molar refractivity (Wildman–Crippen MR) is 61.9 cm³/mol. The van der Waals surface area contributed by atoms with E-state index >= 15 is 0 Å². The molecule has 1 aromatic heterocycles. The van der Waals surface area contributed by atoms with Crippen molar-refractivity contribution in [3.05, 3.63) is 29.6 Å². The normalized spacial score (nSPS) is 11.8. The van der Waals surface area contributed by atoms with E-state index in [-0.39, 0.29) is 18.1 Å². The van der Waals surface area contributed by atoms with Crippen LogP contribution in [0, 0.1) is 0 Å². The van der Waals surface area contributed by atoms with Crippen LogP contribution < -0.4 is 0 Å². The monoisotopic (exact) mass is 316 g/mol. The first-order valence-electron chi connectivity index (χ1n) is 5.42. The van der Waals surface area contributed by atoms with Crippen LogP contribution in [0.4, 0.5) is 22.0 Å². The van der Waals surface area contributed by atoms with Gasteiger partial charge < -0.3 is 4.90 Å². The molecule has 0 aliphatic carbocycles. The lowest BCUT2D eigenvalue weighted by atomic mass is 10.2. The van der Waals surface area contributed by atoms with E-state index in [4.69, 9.17) is 11.6 Å². The zero-order valence-corrected chi connectivity index (χ0v) is 10.8. The van der Waals surface area contributed by atoms with Gasteiger partial charge in [0.1, 0.15) is 5.69 Å². The number of halogens is 6. The van der Waals surface area contributed by atoms with Crippen LogP contribution in [-0.4, -0.2) is 41.2 Å². The molecule has 0 spiro atoms. The molecule has 0 aromatic carbocycles. The van der Waals surface area contributed by atoms with E-state index in [2.05, 4.69) is 4.98 Å². The number of pyridine rings is 1. The highest BCUT2D eigenvalue weighted by Crippen LogP contribution is 2.28. The molecule has 0 unspecified atom stereocenters. The highest BCUT2D eigenvalue weighted by atomic mass is 35.5. The number of aromatic nitrogens is 1. The Hall–Kier alpha value is -1.44. The zero-order chi connectivity index (χ0) is 15.3. The van der Waals surface area contributed by atoms with E-state index < -0.39 is 30.6 Å². The molecule has 3 nitrogen and oxygen atoms in total. The fourth-order valence-electron chi connectivity index (χ4n) is 1.39. The molecule has 1 heterocycles. The lowest BCUT2D eigenvalue weighted by Crippen LogP contribution is -2.37. The molecule has 0 fully saturated rings. The minimum atomic E-state index is -4.58. The van der Waals surface area contributed by atoms with E-state index in [1.54, 1.807) is 0 Å². The molecule has 0 atom stereocenters. The Bertz CT molecular complexity index is 449. The lowest BCUT2D eigenvalue weighted by Gasteiger charge is -2.20. The van der Waals surface area contributed by atoms with Gasteiger partial charge in [-0.25, -0.2) is 8.78 Å². The number of hydrogen-bond donors (Lipinski definition) is 0. The van der Waals surface area contributed by atoms with Crippen molar-refractivity contribution in [3.63, 3.8) is 0 Å². The average molecular weight is 317 g/mol. The Labute approximate surface area is 116 Å². The first-order valence-corrected chi connectivity index (χ1v) is 5.95. The van der Waals surface area contributed by atoms with Crippen molar-refractivity contribution in [1.29, 1.82) is 0 Å². The third-order valence-electron chi connectivity index (χ3n) is 2.31. The predicted octanol–water partition coefficient (Wildman–Crippen LogP) is 3.05. The van der Waals surface area contributed by atoms with Gasteiger partial charge in [0, 0.05) is 18.6 Å². The summed E-state index contributed by atoms with van der Waals surface area (Å²) in [6, 6.07) is 1.51. The molecule has 1 amide bonds. The van der Waals surface area contributed by atoms with Gasteiger partial charge in [0.25, 0.3) is 12.3 Å². The highest BCUT2D eigenvalue weighted by molar-refractivity contribution is 6.18. The summed E-state index contributed by atoms with van der Waals surface area (Å²) in [5.41, 5.74) is -1.37. The number of rotatable bonds is 5. The zero-order valence-electron chi connectivity index (χ0n) is 10.0. The number of alkyl halides is 6. The maximum atomic E-state index is 12.3. The van der Waals surface area contributed by atoms with Crippen LogP contribution in [0.25, 0.3) is 0 Å². The molecule has 112 valence electrons. The minimum Gasteiger partial charge on any atom is -0.330 e. The van der Waals surface area contributed by atoms with Gasteiger partial charge in [0.05, 0.1) is 12.1 Å². The molecule has 20 heavy (non-hydrogen) atoms. The third kappa shape index (κ3) is 4.59. The van der Waals surface area contributed by atoms with Crippen molar-refractivity contribution in [2.45, 2.75) is 12.6 Å². The van der Waals surface area contributed by atoms with Gasteiger partial charge in [-0.15, -0.1) is 11.6 Å². The fraction of sp³-hybridized carbons (Fsp3) is 0.455. The third-order valence-corrected chi connectivity index (χ3v) is 2.48. The maximum Gasteiger partial charge on any atom is 0.417 e. The molecule has 0 N–H and O–H groups in total. The molecule has 0 aliphatic heterocycles. The van der Waals surface area contributed by atoms with E-state index in [1.807, 2.05) is 0 Å². The van der Waals surface area contributed by atoms with Gasteiger partial charge in [-0.05, 0) is 12.1 Å². The van der Waals surface area contributed by atoms with Crippen molar-refractivity contribution >= 4 is 17.5 Å². The second-order valence-electron chi connectivity index (χ2n) is 3.76. The molecule has 0 radical (unpaired) electrons. The van der Waals surface area contributed by atoms with Gasteiger partial charge >= 0.3 is 6.18 Å². The Kier molecular flexibility index (Phi) is 5.67. The summed E-state index contributed by atoms with van der Waals surface area (Å²) in [6.45, 7) is -0.998. The Morgan fingerprint density at radius 3 is 2.40 bits per heavy atom. The molecular weight excluding hydrogens is 307 g/mol. The van der Waals surface area contributed by atoms with Crippen LogP contribution in [-0.2, 0) is 6.18 Å². The van der Waals surface area contributed by atoms with Crippen molar-refractivity contribution < 1.29 is 26.7 Å². The van der Waals surface area contributed by atoms with Gasteiger partial charge in [-0.1, -0.05) is 0 Å². The Morgan fingerprint density at radius 1 is 1.35 bits per heavy atom. The molecule has 1 rings (SSSR count). The molecule has 0 saturated heterocycles. The van der Waals surface area contributed by atoms with E-state index in [1.165, 1.54) is 0 Å². The number of hydrogen-bond acceptors (Lipinski definition) is 2. The van der Waals surface area contributed by atoms with Crippen molar-refractivity contribution in [1.82, 2.24) is 9.88 Å². The topological polar surface area (TPSA) is 33.2 Å². The van der Waals surface area contributed by atoms with Gasteiger partial charge in [-0.2, -0.15) is 13.2 Å². The van der Waals surface area contributed by atoms with Crippen LogP contribution in [0.3, 0.4) is 0 Å². The highest BCUT2D eigenvalue weighted by Gasteiger charge is 2.31. The SMILES string of the molecule is O=C(c1ccc(C(F)(F)F)cn1)N(CCCl)CC(F)F. The Morgan fingerprint density at radius 2 is 2.00 bits per heavy atom. The van der Waals surface area contributed by atoms with Crippen molar-refractivity contribution in [2.75, 3.05) is 19.0 Å². The van der Waals surface area contributed by atoms with Crippen LogP contribution in [0.2, 0.25) is 0 Å². The van der Waals surface area contributed by atoms with Crippen LogP contribution in [0.5, 0.6) is 0 Å². The first-order chi connectivity index (χ1) is 9.25. The minimum absolute atomic E-state index is 0.0703. The quantitative estimate of drug-likeness (QED) is 0.618. The largest absolute Gasteiger partial charge is 0.417 e. The standard InChI is InChI=1S/C11H10ClF5N2O/c12-3-4-19(6-9(13)14)10(20)8-2-1-7(5-18-8)11(15,16)17/h1-2,5,9H,3-4,6H2. The molecule has 0 saturated carbocycles. The summed E-state index contributed by atoms with van der Waals surface area (Å²) in [5.74, 6) is -0.960. The second-order valence-corrected chi connectivity index (χ2v) is 4.14. The number of amides is 1. The van der Waals surface area contributed by atoms with Gasteiger partial charge in [-0.3, -0.25) is 9.78 Å².